The lowest BCUT2D eigenvalue weighted by Crippen LogP contribution is -2.44. The van der Waals surface area contributed by atoms with Gasteiger partial charge in [0.1, 0.15) is 12.4 Å². The van der Waals surface area contributed by atoms with E-state index in [4.69, 9.17) is 9.47 Å². The summed E-state index contributed by atoms with van der Waals surface area (Å²) in [6.07, 6.45) is 0.803. The molecule has 1 aliphatic heterocycles. The first-order chi connectivity index (χ1) is 11.6. The molecule has 0 unspecified atom stereocenters. The molecule has 1 aliphatic rings. The van der Waals surface area contributed by atoms with Gasteiger partial charge >= 0.3 is 0 Å². The van der Waals surface area contributed by atoms with Gasteiger partial charge in [-0.3, -0.25) is 0 Å². The number of nitrogens with zero attached hydrogens (tertiary/aromatic N) is 1. The topological polar surface area (TPSA) is 79.9 Å². The summed E-state index contributed by atoms with van der Waals surface area (Å²) in [5.41, 5.74) is 0. The van der Waals surface area contributed by atoms with Crippen LogP contribution in [0.15, 0.2) is 29.2 Å². The molecular weight excluding hydrogens is 330 g/mol. The van der Waals surface area contributed by atoms with Crippen LogP contribution in [0.1, 0.15) is 6.42 Å². The van der Waals surface area contributed by atoms with Crippen LogP contribution in [0.2, 0.25) is 0 Å². The molecule has 0 spiro atoms. The van der Waals surface area contributed by atoms with Crippen molar-refractivity contribution in [3.63, 3.8) is 0 Å². The van der Waals surface area contributed by atoms with Gasteiger partial charge in [-0.1, -0.05) is 0 Å². The maximum Gasteiger partial charge on any atom is 0.240 e. The van der Waals surface area contributed by atoms with Gasteiger partial charge in [-0.25, -0.2) is 13.1 Å². The molecule has 8 heteroatoms. The van der Waals surface area contributed by atoms with Crippen molar-refractivity contribution in [2.24, 2.45) is 0 Å². The van der Waals surface area contributed by atoms with Crippen LogP contribution in [-0.2, 0) is 14.8 Å². The van der Waals surface area contributed by atoms with Crippen molar-refractivity contribution in [1.82, 2.24) is 14.9 Å². The van der Waals surface area contributed by atoms with E-state index in [9.17, 15) is 8.42 Å². The van der Waals surface area contributed by atoms with Crippen molar-refractivity contribution in [1.29, 1.82) is 0 Å². The Morgan fingerprint density at radius 2 is 1.88 bits per heavy atom. The number of piperazine rings is 1. The SMILES string of the molecule is COCCOc1ccc(S(=O)(=O)NCCCN2CCNCC2)cc1. The molecule has 2 rings (SSSR count). The van der Waals surface area contributed by atoms with E-state index in [1.807, 2.05) is 0 Å². The zero-order valence-electron chi connectivity index (χ0n) is 14.2. The van der Waals surface area contributed by atoms with Gasteiger partial charge in [0.15, 0.2) is 0 Å². The predicted molar refractivity (Wildman–Crippen MR) is 92.9 cm³/mol. The Balaban J connectivity index is 1.74. The Labute approximate surface area is 144 Å². The molecule has 0 saturated carbocycles. The first kappa shape index (κ1) is 19.1. The minimum Gasteiger partial charge on any atom is -0.491 e. The lowest BCUT2D eigenvalue weighted by molar-refractivity contribution is 0.146. The summed E-state index contributed by atoms with van der Waals surface area (Å²) in [5.74, 6) is 0.629. The second-order valence-electron chi connectivity index (χ2n) is 5.66. The summed E-state index contributed by atoms with van der Waals surface area (Å²) in [4.78, 5) is 2.60. The van der Waals surface area contributed by atoms with Crippen molar-refractivity contribution in [3.05, 3.63) is 24.3 Å². The van der Waals surface area contributed by atoms with Gasteiger partial charge in [-0.05, 0) is 37.2 Å². The van der Waals surface area contributed by atoms with Gasteiger partial charge in [0.2, 0.25) is 10.0 Å². The van der Waals surface area contributed by atoms with Crippen molar-refractivity contribution in [3.8, 4) is 5.75 Å². The van der Waals surface area contributed by atoms with Crippen LogP contribution in [0.25, 0.3) is 0 Å². The van der Waals surface area contributed by atoms with Gasteiger partial charge in [0, 0.05) is 39.8 Å². The van der Waals surface area contributed by atoms with E-state index in [1.54, 1.807) is 31.4 Å². The van der Waals surface area contributed by atoms with E-state index in [0.717, 1.165) is 39.1 Å². The monoisotopic (exact) mass is 357 g/mol. The fourth-order valence-corrected chi connectivity index (χ4v) is 3.56. The van der Waals surface area contributed by atoms with Crippen LogP contribution in [0.4, 0.5) is 0 Å². The molecule has 0 bridgehead atoms. The van der Waals surface area contributed by atoms with Gasteiger partial charge in [-0.2, -0.15) is 0 Å². The summed E-state index contributed by atoms with van der Waals surface area (Å²) in [6.45, 7) is 6.35. The quantitative estimate of drug-likeness (QED) is 0.586. The maximum absolute atomic E-state index is 12.3. The minimum absolute atomic E-state index is 0.253. The molecule has 0 aliphatic carbocycles. The molecule has 1 aromatic carbocycles. The summed E-state index contributed by atoms with van der Waals surface area (Å²) in [5, 5.41) is 3.30. The van der Waals surface area contributed by atoms with Crippen LogP contribution in [-0.4, -0.2) is 72.9 Å². The molecule has 0 radical (unpaired) electrons. The fraction of sp³-hybridized carbons (Fsp3) is 0.625. The van der Waals surface area contributed by atoms with E-state index in [2.05, 4.69) is 14.9 Å². The highest BCUT2D eigenvalue weighted by Gasteiger charge is 2.14. The number of sulfonamides is 1. The highest BCUT2D eigenvalue weighted by molar-refractivity contribution is 7.89. The second kappa shape index (κ2) is 9.95. The Hall–Kier alpha value is -1.19. The van der Waals surface area contributed by atoms with Gasteiger partial charge in [-0.15, -0.1) is 0 Å². The number of nitrogens with one attached hydrogen (secondary N) is 2. The van der Waals surface area contributed by atoms with E-state index in [0.29, 0.717) is 25.5 Å². The van der Waals surface area contributed by atoms with Crippen molar-refractivity contribution in [2.45, 2.75) is 11.3 Å². The highest BCUT2D eigenvalue weighted by Crippen LogP contribution is 2.15. The largest absolute Gasteiger partial charge is 0.491 e. The maximum atomic E-state index is 12.3. The molecule has 2 N–H and O–H groups in total. The molecule has 7 nitrogen and oxygen atoms in total. The highest BCUT2D eigenvalue weighted by atomic mass is 32.2. The zero-order chi connectivity index (χ0) is 17.3. The third kappa shape index (κ3) is 6.37. The number of benzene rings is 1. The lowest BCUT2D eigenvalue weighted by Gasteiger charge is -2.27. The van der Waals surface area contributed by atoms with E-state index in [1.165, 1.54) is 0 Å². The van der Waals surface area contributed by atoms with Gasteiger partial charge in [0.25, 0.3) is 0 Å². The van der Waals surface area contributed by atoms with Crippen molar-refractivity contribution in [2.75, 3.05) is 59.6 Å². The lowest BCUT2D eigenvalue weighted by atomic mass is 10.3. The smallest absolute Gasteiger partial charge is 0.240 e. The average molecular weight is 357 g/mol. The Bertz CT molecular complexity index is 571. The standard InChI is InChI=1S/C16H27N3O4S/c1-22-13-14-23-15-3-5-16(6-4-15)24(20,21)18-7-2-10-19-11-8-17-9-12-19/h3-6,17-18H,2,7-14H2,1H3. The molecule has 1 fully saturated rings. The first-order valence-corrected chi connectivity index (χ1v) is 9.75. The summed E-state index contributed by atoms with van der Waals surface area (Å²) >= 11 is 0. The average Bonchev–Trinajstić information content (AvgIpc) is 2.60. The third-order valence-electron chi connectivity index (χ3n) is 3.84. The second-order valence-corrected chi connectivity index (χ2v) is 7.42. The molecule has 1 aromatic rings. The van der Waals surface area contributed by atoms with E-state index in [-0.39, 0.29) is 4.90 Å². The Kier molecular flexibility index (Phi) is 7.93. The first-order valence-electron chi connectivity index (χ1n) is 8.26. The molecular formula is C16H27N3O4S. The molecule has 0 atom stereocenters. The van der Waals surface area contributed by atoms with E-state index >= 15 is 0 Å². The van der Waals surface area contributed by atoms with Crippen LogP contribution in [0.5, 0.6) is 5.75 Å². The third-order valence-corrected chi connectivity index (χ3v) is 5.32. The summed E-state index contributed by atoms with van der Waals surface area (Å²) in [6, 6.07) is 6.43. The van der Waals surface area contributed by atoms with E-state index < -0.39 is 10.0 Å². The minimum atomic E-state index is -3.47. The normalized spacial score (nSPS) is 16.2. The number of methoxy groups -OCH3 is 1. The number of hydrogen-bond donors (Lipinski definition) is 2. The predicted octanol–water partition coefficient (Wildman–Crippen LogP) is 0.285. The molecule has 0 amide bonds. The zero-order valence-corrected chi connectivity index (χ0v) is 15.0. The van der Waals surface area contributed by atoms with Crippen LogP contribution in [0, 0.1) is 0 Å². The molecule has 1 saturated heterocycles. The van der Waals surface area contributed by atoms with Crippen molar-refractivity contribution >= 4 is 10.0 Å². The van der Waals surface area contributed by atoms with Crippen LogP contribution < -0.4 is 14.8 Å². The van der Waals surface area contributed by atoms with Crippen LogP contribution in [0.3, 0.4) is 0 Å². The summed E-state index contributed by atoms with van der Waals surface area (Å²) in [7, 11) is -1.86. The number of hydrogen-bond acceptors (Lipinski definition) is 6. The molecule has 1 heterocycles. The van der Waals surface area contributed by atoms with Gasteiger partial charge in [0.05, 0.1) is 11.5 Å². The Morgan fingerprint density at radius 3 is 2.54 bits per heavy atom. The van der Waals surface area contributed by atoms with Gasteiger partial charge < -0.3 is 19.7 Å². The molecule has 0 aromatic heterocycles. The van der Waals surface area contributed by atoms with Crippen molar-refractivity contribution < 1.29 is 17.9 Å². The summed E-state index contributed by atoms with van der Waals surface area (Å²) < 4.78 is 37.5. The fourth-order valence-electron chi connectivity index (χ4n) is 2.49. The van der Waals surface area contributed by atoms with Crippen LogP contribution >= 0.6 is 0 Å². The molecule has 24 heavy (non-hydrogen) atoms. The molecule has 136 valence electrons. The Morgan fingerprint density at radius 1 is 1.17 bits per heavy atom. The number of ether oxygens (including phenoxy) is 2. The number of rotatable bonds is 10.